The Balaban J connectivity index is 2.05. The largest absolute Gasteiger partial charge is 0.504 e. The highest BCUT2D eigenvalue weighted by Crippen LogP contribution is 2.25. The molecule has 0 aliphatic heterocycles. The molecule has 17 heavy (non-hydrogen) atoms. The number of hydrogen-bond acceptors (Lipinski definition) is 3. The molecule has 0 atom stereocenters. The van der Waals surface area contributed by atoms with Crippen molar-refractivity contribution in [2.24, 2.45) is 0 Å². The van der Waals surface area contributed by atoms with E-state index in [4.69, 9.17) is 0 Å². The van der Waals surface area contributed by atoms with Gasteiger partial charge >= 0.3 is 0 Å². The lowest BCUT2D eigenvalue weighted by molar-refractivity contribution is 0.403. The van der Waals surface area contributed by atoms with Gasteiger partial charge in [0.1, 0.15) is 0 Å². The molecule has 0 heterocycles. The van der Waals surface area contributed by atoms with Crippen molar-refractivity contribution >= 4 is 5.69 Å². The number of anilines is 1. The molecule has 0 radical (unpaired) electrons. The van der Waals surface area contributed by atoms with Gasteiger partial charge in [0.15, 0.2) is 11.5 Å². The number of aromatic hydroxyl groups is 2. The minimum atomic E-state index is -0.0932. The number of rotatable bonds is 3. The smallest absolute Gasteiger partial charge is 0.157 e. The van der Waals surface area contributed by atoms with Crippen LogP contribution in [0, 0.1) is 6.92 Å². The SMILES string of the molecule is Cc1cccc(NCc2ccc(O)c(O)c2)c1. The van der Waals surface area contributed by atoms with Crippen LogP contribution in [0.3, 0.4) is 0 Å². The molecule has 2 rings (SSSR count). The minimum Gasteiger partial charge on any atom is -0.504 e. The third-order valence-corrected chi connectivity index (χ3v) is 2.55. The quantitative estimate of drug-likeness (QED) is 0.709. The maximum absolute atomic E-state index is 9.36. The molecule has 0 saturated carbocycles. The van der Waals surface area contributed by atoms with Gasteiger partial charge in [-0.3, -0.25) is 0 Å². The summed E-state index contributed by atoms with van der Waals surface area (Å²) in [6, 6.07) is 12.9. The molecule has 0 saturated heterocycles. The van der Waals surface area contributed by atoms with E-state index in [1.54, 1.807) is 12.1 Å². The van der Waals surface area contributed by atoms with Crippen molar-refractivity contribution in [3.63, 3.8) is 0 Å². The third kappa shape index (κ3) is 2.91. The zero-order valence-corrected chi connectivity index (χ0v) is 9.64. The van der Waals surface area contributed by atoms with E-state index in [9.17, 15) is 10.2 Å². The first-order valence-corrected chi connectivity index (χ1v) is 5.46. The van der Waals surface area contributed by atoms with E-state index in [-0.39, 0.29) is 11.5 Å². The molecule has 0 spiro atoms. The normalized spacial score (nSPS) is 10.2. The average Bonchev–Trinajstić information content (AvgIpc) is 2.31. The van der Waals surface area contributed by atoms with E-state index in [0.29, 0.717) is 6.54 Å². The van der Waals surface area contributed by atoms with Gasteiger partial charge in [-0.2, -0.15) is 0 Å². The molecule has 3 heteroatoms. The van der Waals surface area contributed by atoms with Gasteiger partial charge in [0.25, 0.3) is 0 Å². The Morgan fingerprint density at radius 2 is 1.82 bits per heavy atom. The number of benzene rings is 2. The van der Waals surface area contributed by atoms with Crippen molar-refractivity contribution in [3.05, 3.63) is 53.6 Å². The molecule has 88 valence electrons. The van der Waals surface area contributed by atoms with Crippen LogP contribution >= 0.6 is 0 Å². The predicted molar refractivity (Wildman–Crippen MR) is 68.3 cm³/mol. The van der Waals surface area contributed by atoms with Crippen LogP contribution in [-0.4, -0.2) is 10.2 Å². The average molecular weight is 229 g/mol. The molecule has 0 fully saturated rings. The van der Waals surface area contributed by atoms with Crippen molar-refractivity contribution in [1.82, 2.24) is 0 Å². The second-order valence-electron chi connectivity index (χ2n) is 4.05. The first kappa shape index (κ1) is 11.3. The summed E-state index contributed by atoms with van der Waals surface area (Å²) in [7, 11) is 0. The van der Waals surface area contributed by atoms with E-state index < -0.39 is 0 Å². The van der Waals surface area contributed by atoms with Gasteiger partial charge in [0.2, 0.25) is 0 Å². The monoisotopic (exact) mass is 229 g/mol. The molecule has 3 nitrogen and oxygen atoms in total. The lowest BCUT2D eigenvalue weighted by Crippen LogP contribution is -1.99. The van der Waals surface area contributed by atoms with E-state index in [1.165, 1.54) is 11.6 Å². The Labute approximate surface area is 100 Å². The molecule has 0 aliphatic carbocycles. The van der Waals surface area contributed by atoms with Gasteiger partial charge < -0.3 is 15.5 Å². The van der Waals surface area contributed by atoms with Crippen molar-refractivity contribution in [2.75, 3.05) is 5.32 Å². The summed E-state index contributed by atoms with van der Waals surface area (Å²) in [5.74, 6) is -0.183. The summed E-state index contributed by atoms with van der Waals surface area (Å²) in [5, 5.41) is 21.8. The van der Waals surface area contributed by atoms with Crippen LogP contribution < -0.4 is 5.32 Å². The highest BCUT2D eigenvalue weighted by atomic mass is 16.3. The first-order chi connectivity index (χ1) is 8.15. The van der Waals surface area contributed by atoms with Gasteiger partial charge in [0, 0.05) is 12.2 Å². The van der Waals surface area contributed by atoms with Crippen LogP contribution in [0.5, 0.6) is 11.5 Å². The highest BCUT2D eigenvalue weighted by molar-refractivity contribution is 5.47. The number of phenolic OH excluding ortho intramolecular Hbond substituents is 2. The maximum Gasteiger partial charge on any atom is 0.157 e. The topological polar surface area (TPSA) is 52.5 Å². The fourth-order valence-electron chi connectivity index (χ4n) is 1.64. The second kappa shape index (κ2) is 4.78. The van der Waals surface area contributed by atoms with Crippen LogP contribution in [0.2, 0.25) is 0 Å². The van der Waals surface area contributed by atoms with Crippen molar-refractivity contribution in [1.29, 1.82) is 0 Å². The summed E-state index contributed by atoms with van der Waals surface area (Å²) >= 11 is 0. The van der Waals surface area contributed by atoms with Crippen LogP contribution in [0.4, 0.5) is 5.69 Å². The Kier molecular flexibility index (Phi) is 3.19. The second-order valence-corrected chi connectivity index (χ2v) is 4.05. The fraction of sp³-hybridized carbons (Fsp3) is 0.143. The van der Waals surface area contributed by atoms with E-state index in [1.807, 2.05) is 25.1 Å². The lowest BCUT2D eigenvalue weighted by Gasteiger charge is -2.08. The van der Waals surface area contributed by atoms with Crippen LogP contribution in [0.15, 0.2) is 42.5 Å². The number of phenols is 2. The van der Waals surface area contributed by atoms with Gasteiger partial charge in [-0.1, -0.05) is 18.2 Å². The molecule has 0 bridgehead atoms. The van der Waals surface area contributed by atoms with Crippen LogP contribution in [-0.2, 0) is 6.54 Å². The molecule has 2 aromatic rings. The third-order valence-electron chi connectivity index (χ3n) is 2.55. The van der Waals surface area contributed by atoms with Gasteiger partial charge in [-0.05, 0) is 42.3 Å². The number of hydrogen-bond donors (Lipinski definition) is 3. The Morgan fingerprint density at radius 3 is 2.53 bits per heavy atom. The van der Waals surface area contributed by atoms with Crippen molar-refractivity contribution in [2.45, 2.75) is 13.5 Å². The van der Waals surface area contributed by atoms with Gasteiger partial charge in [-0.25, -0.2) is 0 Å². The summed E-state index contributed by atoms with van der Waals surface area (Å²) in [5.41, 5.74) is 3.16. The molecular formula is C14H15NO2. The minimum absolute atomic E-state index is 0.0893. The standard InChI is InChI=1S/C14H15NO2/c1-10-3-2-4-12(7-10)15-9-11-5-6-13(16)14(17)8-11/h2-8,15-17H,9H2,1H3. The van der Waals surface area contributed by atoms with Crippen molar-refractivity contribution in [3.8, 4) is 11.5 Å². The number of nitrogens with one attached hydrogen (secondary N) is 1. The molecule has 2 aromatic carbocycles. The molecule has 3 N–H and O–H groups in total. The predicted octanol–water partition coefficient (Wildman–Crippen LogP) is 3.02. The van der Waals surface area contributed by atoms with E-state index >= 15 is 0 Å². The maximum atomic E-state index is 9.36. The Morgan fingerprint density at radius 1 is 1.00 bits per heavy atom. The molecule has 0 aliphatic rings. The summed E-state index contributed by atoms with van der Waals surface area (Å²) in [6.07, 6.45) is 0. The number of aryl methyl sites for hydroxylation is 1. The summed E-state index contributed by atoms with van der Waals surface area (Å²) in [4.78, 5) is 0. The van der Waals surface area contributed by atoms with E-state index in [0.717, 1.165) is 11.3 Å². The molecular weight excluding hydrogens is 214 g/mol. The highest BCUT2D eigenvalue weighted by Gasteiger charge is 2.00. The lowest BCUT2D eigenvalue weighted by atomic mass is 10.2. The first-order valence-electron chi connectivity index (χ1n) is 5.46. The Hall–Kier alpha value is -2.16. The fourth-order valence-corrected chi connectivity index (χ4v) is 1.64. The summed E-state index contributed by atoms with van der Waals surface area (Å²) in [6.45, 7) is 2.65. The molecule has 0 unspecified atom stereocenters. The Bertz CT molecular complexity index is 523. The van der Waals surface area contributed by atoms with Crippen molar-refractivity contribution < 1.29 is 10.2 Å². The molecule has 0 amide bonds. The van der Waals surface area contributed by atoms with Crippen LogP contribution in [0.25, 0.3) is 0 Å². The van der Waals surface area contributed by atoms with Gasteiger partial charge in [-0.15, -0.1) is 0 Å². The zero-order chi connectivity index (χ0) is 12.3. The van der Waals surface area contributed by atoms with E-state index in [2.05, 4.69) is 11.4 Å². The summed E-state index contributed by atoms with van der Waals surface area (Å²) < 4.78 is 0. The van der Waals surface area contributed by atoms with Gasteiger partial charge in [0.05, 0.1) is 0 Å². The zero-order valence-electron chi connectivity index (χ0n) is 9.64. The van der Waals surface area contributed by atoms with Crippen LogP contribution in [0.1, 0.15) is 11.1 Å². The molecule has 0 aromatic heterocycles.